The van der Waals surface area contributed by atoms with Gasteiger partial charge in [-0.05, 0) is 48.1 Å². The Bertz CT molecular complexity index is 568. The molecule has 0 bridgehead atoms. The molecule has 0 spiro atoms. The van der Waals surface area contributed by atoms with E-state index in [9.17, 15) is 0 Å². The lowest BCUT2D eigenvalue weighted by molar-refractivity contribution is 0.183. The number of rotatable bonds is 3. The molecule has 2 aromatic rings. The molecule has 0 saturated heterocycles. The normalized spacial score (nSPS) is 17.6. The lowest BCUT2D eigenvalue weighted by Gasteiger charge is -2.26. The highest BCUT2D eigenvalue weighted by Gasteiger charge is 2.20. The number of hydrogen-bond donors (Lipinski definition) is 0. The second-order valence-electron chi connectivity index (χ2n) is 4.97. The average Bonchev–Trinajstić information content (AvgIpc) is 2.48. The predicted molar refractivity (Wildman–Crippen MR) is 79.3 cm³/mol. The molecule has 1 nitrogen and oxygen atoms in total. The van der Waals surface area contributed by atoms with Crippen molar-refractivity contribution in [3.05, 3.63) is 71.8 Å². The highest BCUT2D eigenvalue weighted by atomic mass is 16.5. The van der Waals surface area contributed by atoms with E-state index in [2.05, 4.69) is 30.8 Å². The molecule has 1 atom stereocenters. The van der Waals surface area contributed by atoms with Gasteiger partial charge in [0.2, 0.25) is 0 Å². The number of hydrogen-bond acceptors (Lipinski definition) is 1. The van der Waals surface area contributed by atoms with Crippen LogP contribution < -0.4 is 4.74 Å². The molecular formula is C18H18O. The zero-order valence-corrected chi connectivity index (χ0v) is 11.0. The lowest BCUT2D eigenvalue weighted by atomic mass is 9.89. The monoisotopic (exact) mass is 250 g/mol. The molecule has 2 aromatic carbocycles. The van der Waals surface area contributed by atoms with Gasteiger partial charge >= 0.3 is 0 Å². The van der Waals surface area contributed by atoms with E-state index in [1.807, 2.05) is 30.3 Å². The fraction of sp³-hybridized carbons (Fsp3) is 0.222. The van der Waals surface area contributed by atoms with Crippen LogP contribution in [0.1, 0.15) is 35.6 Å². The minimum Gasteiger partial charge on any atom is -0.486 e. The molecule has 0 N–H and O–H groups in total. The first-order chi connectivity index (χ1) is 9.36. The van der Waals surface area contributed by atoms with Crippen molar-refractivity contribution in [1.82, 2.24) is 0 Å². The van der Waals surface area contributed by atoms with E-state index < -0.39 is 0 Å². The standard InChI is InChI=1S/C18H18O/c1-2-14-10-12-16(13-11-14)19-18-9-5-7-15-6-3-4-8-17(15)18/h2-4,6,8,10-13,18H,1,5,7,9H2. The maximum Gasteiger partial charge on any atom is 0.124 e. The van der Waals surface area contributed by atoms with Crippen LogP contribution in [-0.2, 0) is 6.42 Å². The minimum absolute atomic E-state index is 0.194. The molecule has 0 amide bonds. The summed E-state index contributed by atoms with van der Waals surface area (Å²) in [4.78, 5) is 0. The smallest absolute Gasteiger partial charge is 0.124 e. The summed E-state index contributed by atoms with van der Waals surface area (Å²) < 4.78 is 6.15. The topological polar surface area (TPSA) is 9.23 Å². The Balaban J connectivity index is 1.82. The third-order valence-corrected chi connectivity index (χ3v) is 3.71. The van der Waals surface area contributed by atoms with Crippen LogP contribution >= 0.6 is 0 Å². The van der Waals surface area contributed by atoms with Gasteiger partial charge in [-0.3, -0.25) is 0 Å². The Morgan fingerprint density at radius 3 is 2.63 bits per heavy atom. The Morgan fingerprint density at radius 1 is 1.05 bits per heavy atom. The summed E-state index contributed by atoms with van der Waals surface area (Å²) in [5.74, 6) is 0.937. The Hall–Kier alpha value is -2.02. The van der Waals surface area contributed by atoms with E-state index in [4.69, 9.17) is 4.74 Å². The van der Waals surface area contributed by atoms with Crippen molar-refractivity contribution in [2.24, 2.45) is 0 Å². The summed E-state index contributed by atoms with van der Waals surface area (Å²) in [6, 6.07) is 16.7. The van der Waals surface area contributed by atoms with Gasteiger partial charge in [-0.15, -0.1) is 0 Å². The highest BCUT2D eigenvalue weighted by Crippen LogP contribution is 2.33. The quantitative estimate of drug-likeness (QED) is 0.761. The molecule has 19 heavy (non-hydrogen) atoms. The first kappa shape index (κ1) is 12.0. The molecule has 0 radical (unpaired) electrons. The van der Waals surface area contributed by atoms with Crippen molar-refractivity contribution in [2.45, 2.75) is 25.4 Å². The molecule has 0 saturated carbocycles. The number of fused-ring (bicyclic) bond motifs is 1. The third kappa shape index (κ3) is 2.55. The van der Waals surface area contributed by atoms with E-state index >= 15 is 0 Å². The van der Waals surface area contributed by atoms with Gasteiger partial charge in [0.1, 0.15) is 11.9 Å². The van der Waals surface area contributed by atoms with Crippen molar-refractivity contribution in [3.63, 3.8) is 0 Å². The van der Waals surface area contributed by atoms with Gasteiger partial charge in [-0.2, -0.15) is 0 Å². The molecule has 96 valence electrons. The van der Waals surface area contributed by atoms with Crippen molar-refractivity contribution in [3.8, 4) is 5.75 Å². The number of ether oxygens (including phenoxy) is 1. The maximum atomic E-state index is 6.15. The van der Waals surface area contributed by atoms with Crippen LogP contribution in [0.2, 0.25) is 0 Å². The van der Waals surface area contributed by atoms with Crippen LogP contribution in [0.3, 0.4) is 0 Å². The molecule has 1 heteroatoms. The SMILES string of the molecule is C=Cc1ccc(OC2CCCc3ccccc32)cc1. The van der Waals surface area contributed by atoms with Gasteiger partial charge < -0.3 is 4.74 Å². The Labute approximate surface area is 114 Å². The van der Waals surface area contributed by atoms with E-state index in [1.165, 1.54) is 24.0 Å². The number of benzene rings is 2. The van der Waals surface area contributed by atoms with Crippen molar-refractivity contribution in [1.29, 1.82) is 0 Å². The van der Waals surface area contributed by atoms with Crippen molar-refractivity contribution >= 4 is 6.08 Å². The molecule has 0 aliphatic heterocycles. The Kier molecular flexibility index (Phi) is 3.37. The highest BCUT2D eigenvalue weighted by molar-refractivity contribution is 5.48. The zero-order valence-electron chi connectivity index (χ0n) is 11.0. The fourth-order valence-corrected chi connectivity index (χ4v) is 2.68. The number of aryl methyl sites for hydroxylation is 1. The molecule has 0 fully saturated rings. The van der Waals surface area contributed by atoms with Crippen LogP contribution in [0.15, 0.2) is 55.1 Å². The molecule has 3 rings (SSSR count). The average molecular weight is 250 g/mol. The molecule has 1 aliphatic carbocycles. The molecule has 0 aromatic heterocycles. The maximum absolute atomic E-state index is 6.15. The molecule has 1 aliphatic rings. The lowest BCUT2D eigenvalue weighted by Crippen LogP contribution is -2.15. The van der Waals surface area contributed by atoms with Crippen LogP contribution in [0.5, 0.6) is 5.75 Å². The van der Waals surface area contributed by atoms with Crippen LogP contribution in [-0.4, -0.2) is 0 Å². The van der Waals surface area contributed by atoms with Crippen molar-refractivity contribution < 1.29 is 4.74 Å². The summed E-state index contributed by atoms with van der Waals surface area (Å²) in [6.45, 7) is 3.77. The summed E-state index contributed by atoms with van der Waals surface area (Å²) in [6.07, 6.45) is 5.51. The second kappa shape index (κ2) is 5.31. The summed E-state index contributed by atoms with van der Waals surface area (Å²) in [7, 11) is 0. The van der Waals surface area contributed by atoms with Crippen LogP contribution in [0.4, 0.5) is 0 Å². The predicted octanol–water partition coefficient (Wildman–Crippen LogP) is 4.79. The van der Waals surface area contributed by atoms with E-state index in [0.717, 1.165) is 17.7 Å². The van der Waals surface area contributed by atoms with Gasteiger partial charge in [-0.1, -0.05) is 49.1 Å². The van der Waals surface area contributed by atoms with E-state index in [0.29, 0.717) is 0 Å². The van der Waals surface area contributed by atoms with Crippen LogP contribution in [0.25, 0.3) is 6.08 Å². The van der Waals surface area contributed by atoms with Gasteiger partial charge in [0.25, 0.3) is 0 Å². The minimum atomic E-state index is 0.194. The Morgan fingerprint density at radius 2 is 1.84 bits per heavy atom. The second-order valence-corrected chi connectivity index (χ2v) is 4.97. The van der Waals surface area contributed by atoms with Crippen LogP contribution in [0, 0.1) is 0 Å². The van der Waals surface area contributed by atoms with Gasteiger partial charge in [0.15, 0.2) is 0 Å². The molecular weight excluding hydrogens is 232 g/mol. The van der Waals surface area contributed by atoms with Gasteiger partial charge in [0, 0.05) is 0 Å². The van der Waals surface area contributed by atoms with E-state index in [-0.39, 0.29) is 6.10 Å². The third-order valence-electron chi connectivity index (χ3n) is 3.71. The van der Waals surface area contributed by atoms with Gasteiger partial charge in [0.05, 0.1) is 0 Å². The zero-order chi connectivity index (χ0) is 13.1. The summed E-state index contributed by atoms with van der Waals surface area (Å²) in [5, 5.41) is 0. The summed E-state index contributed by atoms with van der Waals surface area (Å²) in [5.41, 5.74) is 3.90. The van der Waals surface area contributed by atoms with Crippen molar-refractivity contribution in [2.75, 3.05) is 0 Å². The molecule has 0 heterocycles. The van der Waals surface area contributed by atoms with E-state index in [1.54, 1.807) is 0 Å². The largest absolute Gasteiger partial charge is 0.486 e. The molecule has 1 unspecified atom stereocenters. The van der Waals surface area contributed by atoms with Gasteiger partial charge in [-0.25, -0.2) is 0 Å². The first-order valence-corrected chi connectivity index (χ1v) is 6.84. The fourth-order valence-electron chi connectivity index (χ4n) is 2.68. The first-order valence-electron chi connectivity index (χ1n) is 6.84. The summed E-state index contributed by atoms with van der Waals surface area (Å²) >= 11 is 0.